The molecule has 0 radical (unpaired) electrons. The number of aromatic nitrogens is 1. The van der Waals surface area contributed by atoms with Crippen LogP contribution in [-0.2, 0) is 29.5 Å². The zero-order valence-electron chi connectivity index (χ0n) is 22.9. The molecule has 10 N–H and O–H groups in total. The fourth-order valence-electron chi connectivity index (χ4n) is 3.75. The van der Waals surface area contributed by atoms with E-state index < -0.39 is 58.0 Å². The summed E-state index contributed by atoms with van der Waals surface area (Å²) >= 11 is 0.961. The first-order valence-electron chi connectivity index (χ1n) is 12.6. The van der Waals surface area contributed by atoms with Gasteiger partial charge in [-0.1, -0.05) is 5.16 Å². The van der Waals surface area contributed by atoms with Crippen LogP contribution >= 0.6 is 11.3 Å². The van der Waals surface area contributed by atoms with Crippen molar-refractivity contribution in [3.8, 4) is 0 Å². The third-order valence-corrected chi connectivity index (χ3v) is 7.70. The first kappa shape index (κ1) is 33.1. The molecule has 3 rings (SSSR count). The number of carboxylic acid groups (broad SMARTS) is 1. The van der Waals surface area contributed by atoms with Crippen LogP contribution in [0.4, 0.5) is 5.13 Å². The van der Waals surface area contributed by atoms with Crippen LogP contribution in [-0.4, -0.2) is 118 Å². The Labute approximate surface area is 249 Å². The predicted molar refractivity (Wildman–Crippen MR) is 155 cm³/mol. The second-order valence-corrected chi connectivity index (χ2v) is 11.6. The van der Waals surface area contributed by atoms with Gasteiger partial charge in [-0.25, -0.2) is 14.1 Å². The van der Waals surface area contributed by atoms with Crippen molar-refractivity contribution in [1.29, 1.82) is 0 Å². The van der Waals surface area contributed by atoms with Crippen molar-refractivity contribution in [1.82, 2.24) is 25.0 Å². The number of carboxylic acids is 1. The molecule has 1 aromatic heterocycles. The zero-order chi connectivity index (χ0) is 31.9. The molecule has 0 aromatic carbocycles. The summed E-state index contributed by atoms with van der Waals surface area (Å²) in [5.74, 6) is -3.49. The van der Waals surface area contributed by atoms with E-state index in [9.17, 15) is 32.5 Å². The van der Waals surface area contributed by atoms with E-state index in [4.69, 9.17) is 22.0 Å². The SMILES string of the molecule is C=NN(C[C@@H]1[C@H](NC(=O)/C(=N\OC2(C(=O)O)CC2)c2csc(N)n2)C(=O)N1S(=O)(=O)O)/N=C(\C)CNCCCN=C(N)N. The molecule has 0 bridgehead atoms. The number of amides is 2. The Hall–Kier alpha value is -4.41. The number of nitrogens with two attached hydrogens (primary N) is 3. The number of anilines is 1. The molecule has 236 valence electrons. The quantitative estimate of drug-likeness (QED) is 0.0224. The van der Waals surface area contributed by atoms with Gasteiger partial charge in [-0.05, 0) is 19.9 Å². The van der Waals surface area contributed by atoms with Gasteiger partial charge in [-0.15, -0.1) is 11.3 Å². The first-order valence-corrected chi connectivity index (χ1v) is 14.8. The maximum Gasteiger partial charge on any atom is 0.362 e. The number of hydrazone groups is 2. The number of nitrogens with one attached hydrogen (secondary N) is 2. The number of oxime groups is 1. The van der Waals surface area contributed by atoms with Crippen molar-refractivity contribution in [3.05, 3.63) is 11.1 Å². The molecule has 2 atom stereocenters. The Morgan fingerprint density at radius 2 is 2.07 bits per heavy atom. The molecule has 1 saturated carbocycles. The molecule has 2 heterocycles. The summed E-state index contributed by atoms with van der Waals surface area (Å²) in [6.07, 6.45) is 0.957. The summed E-state index contributed by atoms with van der Waals surface area (Å²) in [5, 5.41) is 28.9. The van der Waals surface area contributed by atoms with Gasteiger partial charge in [0.15, 0.2) is 16.8 Å². The van der Waals surface area contributed by atoms with Crippen LogP contribution in [0.25, 0.3) is 0 Å². The Morgan fingerprint density at radius 1 is 1.37 bits per heavy atom. The molecular formula is C21H32N12O8S2. The largest absolute Gasteiger partial charge is 0.478 e. The van der Waals surface area contributed by atoms with Crippen LogP contribution < -0.4 is 27.8 Å². The number of carbonyl (C=O) groups is 3. The standard InChI is InChI=1S/C21H32N12O8S2/c1-11(8-26-6-3-7-27-19(22)23)30-32(25-2)9-13-15(17(35)33(13)43(38,39)40)29-16(34)14(12-10-42-20(24)28-12)31-41-21(4-5-21)18(36)37/h10,13,15,26H,2-9H2,1H3,(H2,24,28)(H,29,34)(H,36,37)(H4,22,23,27)(H,38,39,40)/b30-11+,31-14-/t13-,15+/m1/s1. The number of hydrogen-bond donors (Lipinski definition) is 7. The van der Waals surface area contributed by atoms with Crippen molar-refractivity contribution in [2.45, 2.75) is 43.9 Å². The maximum absolute atomic E-state index is 13.2. The van der Waals surface area contributed by atoms with E-state index in [1.807, 2.05) is 0 Å². The summed E-state index contributed by atoms with van der Waals surface area (Å²) in [5.41, 5.74) is 14.5. The Bertz CT molecular complexity index is 1430. The number of guanidine groups is 1. The molecule has 1 aromatic rings. The van der Waals surface area contributed by atoms with Gasteiger partial charge in [0.2, 0.25) is 5.60 Å². The van der Waals surface area contributed by atoms with Crippen molar-refractivity contribution in [3.63, 3.8) is 0 Å². The van der Waals surface area contributed by atoms with Gasteiger partial charge in [0.05, 0.1) is 12.3 Å². The molecule has 2 aliphatic rings. The van der Waals surface area contributed by atoms with Crippen LogP contribution in [0, 0.1) is 0 Å². The maximum atomic E-state index is 13.2. The number of thiazole rings is 1. The normalized spacial score (nSPS) is 19.7. The topological polar surface area (TPSA) is 306 Å². The minimum absolute atomic E-state index is 0.0112. The molecule has 1 saturated heterocycles. The Morgan fingerprint density at radius 3 is 2.60 bits per heavy atom. The van der Waals surface area contributed by atoms with E-state index in [1.54, 1.807) is 6.92 Å². The van der Waals surface area contributed by atoms with Crippen molar-refractivity contribution < 1.29 is 37.3 Å². The average molecular weight is 645 g/mol. The summed E-state index contributed by atoms with van der Waals surface area (Å²) < 4.78 is 33.7. The number of aliphatic imine (C=N–C) groups is 1. The van der Waals surface area contributed by atoms with E-state index in [1.165, 1.54) is 5.38 Å². The van der Waals surface area contributed by atoms with Crippen molar-refractivity contribution in [2.24, 2.45) is 31.8 Å². The van der Waals surface area contributed by atoms with Gasteiger partial charge in [-0.2, -0.15) is 23.7 Å². The van der Waals surface area contributed by atoms with Crippen molar-refractivity contribution in [2.75, 3.05) is 31.9 Å². The van der Waals surface area contributed by atoms with E-state index in [2.05, 4.69) is 42.7 Å². The van der Waals surface area contributed by atoms with Gasteiger partial charge in [0.25, 0.3) is 11.8 Å². The lowest BCUT2D eigenvalue weighted by molar-refractivity contribution is -0.153. The molecule has 1 aliphatic heterocycles. The lowest BCUT2D eigenvalue weighted by Crippen LogP contribution is -2.74. The highest BCUT2D eigenvalue weighted by atomic mass is 32.2. The lowest BCUT2D eigenvalue weighted by Gasteiger charge is -2.44. The second-order valence-electron chi connectivity index (χ2n) is 9.40. The minimum Gasteiger partial charge on any atom is -0.478 e. The average Bonchev–Trinajstić information content (AvgIpc) is 3.60. The van der Waals surface area contributed by atoms with Crippen LogP contribution in [0.15, 0.2) is 25.7 Å². The molecule has 20 nitrogen and oxygen atoms in total. The van der Waals surface area contributed by atoms with Crippen LogP contribution in [0.5, 0.6) is 0 Å². The van der Waals surface area contributed by atoms with Crippen molar-refractivity contribution >= 4 is 68.7 Å². The number of rotatable bonds is 17. The summed E-state index contributed by atoms with van der Waals surface area (Å²) in [6, 6.07) is -2.88. The molecule has 1 aliphatic carbocycles. The van der Waals surface area contributed by atoms with Gasteiger partial charge in [0.1, 0.15) is 17.8 Å². The van der Waals surface area contributed by atoms with Gasteiger partial charge in [0, 0.05) is 38.0 Å². The molecule has 0 spiro atoms. The highest BCUT2D eigenvalue weighted by molar-refractivity contribution is 7.84. The lowest BCUT2D eigenvalue weighted by atomic mass is 9.98. The van der Waals surface area contributed by atoms with Gasteiger partial charge in [-0.3, -0.25) is 19.1 Å². The smallest absolute Gasteiger partial charge is 0.362 e. The number of aliphatic carboxylic acids is 1. The number of β-lactam (4-membered cyclic amide) rings is 1. The number of nitrogens with zero attached hydrogens (tertiary/aromatic N) is 7. The molecule has 0 unspecified atom stereocenters. The highest BCUT2D eigenvalue weighted by Gasteiger charge is 2.56. The Balaban J connectivity index is 1.74. The molecular weight excluding hydrogens is 612 g/mol. The summed E-state index contributed by atoms with van der Waals surface area (Å²) in [4.78, 5) is 50.4. The first-order chi connectivity index (χ1) is 20.2. The third-order valence-electron chi connectivity index (χ3n) is 6.08. The summed E-state index contributed by atoms with van der Waals surface area (Å²) in [7, 11) is -5.04. The van der Waals surface area contributed by atoms with Gasteiger partial charge < -0.3 is 37.8 Å². The third kappa shape index (κ3) is 8.56. The van der Waals surface area contributed by atoms with Gasteiger partial charge >= 0.3 is 16.3 Å². The number of hydrogen-bond acceptors (Lipinski definition) is 15. The number of carbonyl (C=O) groups excluding carboxylic acids is 2. The summed E-state index contributed by atoms with van der Waals surface area (Å²) in [6.45, 7) is 5.92. The van der Waals surface area contributed by atoms with E-state index in [-0.39, 0.29) is 33.9 Å². The molecule has 43 heavy (non-hydrogen) atoms. The van der Waals surface area contributed by atoms with E-state index in [0.717, 1.165) is 16.5 Å². The predicted octanol–water partition coefficient (Wildman–Crippen LogP) is -2.89. The molecule has 22 heteroatoms. The molecule has 2 amide bonds. The fraction of sp³-hybridized carbons (Fsp3) is 0.524. The number of nitrogen functional groups attached to an aromatic ring is 1. The monoisotopic (exact) mass is 644 g/mol. The van der Waals surface area contributed by atoms with E-state index >= 15 is 0 Å². The van der Waals surface area contributed by atoms with Crippen LogP contribution in [0.2, 0.25) is 0 Å². The van der Waals surface area contributed by atoms with E-state index in [0.29, 0.717) is 31.8 Å². The zero-order valence-corrected chi connectivity index (χ0v) is 24.5. The highest BCUT2D eigenvalue weighted by Crippen LogP contribution is 2.40. The van der Waals surface area contributed by atoms with Crippen LogP contribution in [0.3, 0.4) is 0 Å². The Kier molecular flexibility index (Phi) is 10.6. The fourth-order valence-corrected chi connectivity index (χ4v) is 5.17. The second kappa shape index (κ2) is 13.7. The molecule has 2 fully saturated rings. The minimum atomic E-state index is -5.04. The van der Waals surface area contributed by atoms with Crippen LogP contribution in [0.1, 0.15) is 31.9 Å².